The molecule has 7 heteroatoms. The maximum atomic E-state index is 13.3. The number of rotatable bonds is 9. The second-order valence-corrected chi connectivity index (χ2v) is 7.67. The number of nitrogens with zero attached hydrogens (tertiary/aromatic N) is 1. The van der Waals surface area contributed by atoms with Crippen LogP contribution in [0.4, 0.5) is 0 Å². The second kappa shape index (κ2) is 10.2. The van der Waals surface area contributed by atoms with Crippen molar-refractivity contribution in [1.82, 2.24) is 5.06 Å². The summed E-state index contributed by atoms with van der Waals surface area (Å²) < 4.78 is 6.11. The zero-order chi connectivity index (χ0) is 23.3. The Balaban J connectivity index is 1.98. The topological polar surface area (TPSA) is 103 Å². The Morgan fingerprint density at radius 1 is 1.12 bits per heavy atom. The lowest BCUT2D eigenvalue weighted by atomic mass is 9.97. The summed E-state index contributed by atoms with van der Waals surface area (Å²) in [7, 11) is 1.60. The van der Waals surface area contributed by atoms with E-state index in [1.54, 1.807) is 26.1 Å². The van der Waals surface area contributed by atoms with Gasteiger partial charge >= 0.3 is 0 Å². The van der Waals surface area contributed by atoms with Crippen molar-refractivity contribution in [3.05, 3.63) is 69.4 Å². The normalized spacial score (nSPS) is 11.0. The molecule has 0 atom stereocenters. The molecule has 2 amide bonds. The maximum Gasteiger partial charge on any atom is 0.252 e. The van der Waals surface area contributed by atoms with Crippen molar-refractivity contribution in [2.24, 2.45) is 5.73 Å². The van der Waals surface area contributed by atoms with E-state index in [-0.39, 0.29) is 28.9 Å². The van der Waals surface area contributed by atoms with Crippen molar-refractivity contribution in [2.75, 3.05) is 13.7 Å². The fourth-order valence-electron chi connectivity index (χ4n) is 3.60. The molecule has 7 nitrogen and oxygen atoms in total. The lowest BCUT2D eigenvalue weighted by Gasteiger charge is -2.16. The largest absolute Gasteiger partial charge is 0.455 e. The van der Waals surface area contributed by atoms with Crippen LogP contribution in [0.5, 0.6) is 0 Å². The lowest BCUT2D eigenvalue weighted by Crippen LogP contribution is -2.27. The minimum absolute atomic E-state index is 0.133. The summed E-state index contributed by atoms with van der Waals surface area (Å²) in [6, 6.07) is 12.5. The van der Waals surface area contributed by atoms with Gasteiger partial charge in [-0.25, -0.2) is 5.06 Å². The predicted octanol–water partition coefficient (Wildman–Crippen LogP) is 3.99. The summed E-state index contributed by atoms with van der Waals surface area (Å²) in [5, 5.41) is 1.59. The van der Waals surface area contributed by atoms with Gasteiger partial charge in [-0.1, -0.05) is 43.3 Å². The van der Waals surface area contributed by atoms with Gasteiger partial charge in [0.05, 0.1) is 17.6 Å². The molecule has 0 aliphatic heterocycles. The molecule has 3 rings (SSSR count). The molecule has 0 spiro atoms. The number of fused-ring (bicyclic) bond motifs is 1. The van der Waals surface area contributed by atoms with Gasteiger partial charge in [0.25, 0.3) is 5.91 Å². The molecule has 0 aliphatic carbocycles. The van der Waals surface area contributed by atoms with Crippen molar-refractivity contribution < 1.29 is 18.8 Å². The van der Waals surface area contributed by atoms with E-state index in [4.69, 9.17) is 15.0 Å². The Bertz CT molecular complexity index is 1180. The molecule has 2 aromatic carbocycles. The van der Waals surface area contributed by atoms with Gasteiger partial charge < -0.3 is 10.2 Å². The van der Waals surface area contributed by atoms with Crippen LogP contribution in [-0.4, -0.2) is 30.5 Å². The average molecular weight is 437 g/mol. The first kappa shape index (κ1) is 23.2. The molecular weight excluding hydrogens is 408 g/mol. The number of amides is 2. The van der Waals surface area contributed by atoms with Crippen LogP contribution in [0.1, 0.15) is 47.7 Å². The molecular formula is C25H28N2O5. The molecule has 0 bridgehead atoms. The van der Waals surface area contributed by atoms with Crippen LogP contribution >= 0.6 is 0 Å². The van der Waals surface area contributed by atoms with Crippen molar-refractivity contribution in [2.45, 2.75) is 39.5 Å². The SMILES string of the molecule is CCCON(C)C(=O)CCCc1ccc(C(N)=O)c2oc(-c3ccccc3)c(C)c(=O)c12. The smallest absolute Gasteiger partial charge is 0.252 e. The molecule has 0 unspecified atom stereocenters. The van der Waals surface area contributed by atoms with Crippen LogP contribution in [0.2, 0.25) is 0 Å². The van der Waals surface area contributed by atoms with Crippen LogP contribution < -0.4 is 11.2 Å². The van der Waals surface area contributed by atoms with Crippen LogP contribution in [0.15, 0.2) is 51.7 Å². The Morgan fingerprint density at radius 2 is 1.84 bits per heavy atom. The zero-order valence-corrected chi connectivity index (χ0v) is 18.6. The molecule has 3 aromatic rings. The lowest BCUT2D eigenvalue weighted by molar-refractivity contribution is -0.178. The summed E-state index contributed by atoms with van der Waals surface area (Å²) in [4.78, 5) is 42.9. The number of carbonyl (C=O) groups excluding carboxylic acids is 2. The number of carbonyl (C=O) groups is 2. The van der Waals surface area contributed by atoms with Gasteiger partial charge in [-0.2, -0.15) is 0 Å². The molecule has 32 heavy (non-hydrogen) atoms. The summed E-state index contributed by atoms with van der Waals surface area (Å²) in [5.41, 5.74) is 7.59. The van der Waals surface area contributed by atoms with Crippen LogP contribution in [0.3, 0.4) is 0 Å². The summed E-state index contributed by atoms with van der Waals surface area (Å²) >= 11 is 0. The number of nitrogens with two attached hydrogens (primary N) is 1. The number of hydrogen-bond donors (Lipinski definition) is 1. The highest BCUT2D eigenvalue weighted by Crippen LogP contribution is 2.29. The van der Waals surface area contributed by atoms with Crippen molar-refractivity contribution >= 4 is 22.8 Å². The summed E-state index contributed by atoms with van der Waals surface area (Å²) in [5.74, 6) is -0.392. The molecule has 0 fully saturated rings. The fourth-order valence-corrected chi connectivity index (χ4v) is 3.60. The molecule has 0 saturated heterocycles. The number of primary amides is 1. The van der Waals surface area contributed by atoms with E-state index in [0.717, 1.165) is 12.0 Å². The van der Waals surface area contributed by atoms with Gasteiger partial charge in [-0.3, -0.25) is 19.2 Å². The Labute approximate surface area is 186 Å². The highest BCUT2D eigenvalue weighted by atomic mass is 16.7. The minimum atomic E-state index is -0.669. The number of hydrogen-bond acceptors (Lipinski definition) is 5. The van der Waals surface area contributed by atoms with Gasteiger partial charge in [0, 0.05) is 24.6 Å². The Morgan fingerprint density at radius 3 is 2.50 bits per heavy atom. The van der Waals surface area contributed by atoms with Crippen molar-refractivity contribution in [3.8, 4) is 11.3 Å². The summed E-state index contributed by atoms with van der Waals surface area (Å²) in [6.45, 7) is 4.15. The van der Waals surface area contributed by atoms with Gasteiger partial charge in [0.15, 0.2) is 11.0 Å². The van der Waals surface area contributed by atoms with E-state index in [1.807, 2.05) is 37.3 Å². The highest BCUT2D eigenvalue weighted by molar-refractivity contribution is 6.05. The Kier molecular flexibility index (Phi) is 7.43. The second-order valence-electron chi connectivity index (χ2n) is 7.67. The average Bonchev–Trinajstić information content (AvgIpc) is 2.79. The van der Waals surface area contributed by atoms with Gasteiger partial charge in [-0.15, -0.1) is 0 Å². The number of hydroxylamine groups is 2. The third kappa shape index (κ3) is 4.89. The molecule has 168 valence electrons. The van der Waals surface area contributed by atoms with E-state index < -0.39 is 5.91 Å². The number of aryl methyl sites for hydroxylation is 1. The van der Waals surface area contributed by atoms with Crippen LogP contribution in [0.25, 0.3) is 22.3 Å². The van der Waals surface area contributed by atoms with Gasteiger partial charge in [0.2, 0.25) is 5.91 Å². The van der Waals surface area contributed by atoms with E-state index >= 15 is 0 Å². The summed E-state index contributed by atoms with van der Waals surface area (Å²) in [6.07, 6.45) is 2.07. The van der Waals surface area contributed by atoms with Crippen LogP contribution in [0, 0.1) is 6.92 Å². The molecule has 1 aromatic heterocycles. The molecule has 1 heterocycles. The van der Waals surface area contributed by atoms with Crippen molar-refractivity contribution in [3.63, 3.8) is 0 Å². The molecule has 0 aliphatic rings. The van der Waals surface area contributed by atoms with Gasteiger partial charge in [-0.05, 0) is 37.8 Å². The first-order valence-electron chi connectivity index (χ1n) is 10.7. The monoisotopic (exact) mass is 436 g/mol. The quantitative estimate of drug-likeness (QED) is 0.511. The molecule has 0 saturated carbocycles. The maximum absolute atomic E-state index is 13.3. The van der Waals surface area contributed by atoms with E-state index in [1.165, 1.54) is 5.06 Å². The van der Waals surface area contributed by atoms with E-state index in [9.17, 15) is 14.4 Å². The highest BCUT2D eigenvalue weighted by Gasteiger charge is 2.20. The minimum Gasteiger partial charge on any atom is -0.455 e. The predicted molar refractivity (Wildman–Crippen MR) is 123 cm³/mol. The van der Waals surface area contributed by atoms with Gasteiger partial charge in [0.1, 0.15) is 5.76 Å². The Hall–Kier alpha value is -3.45. The first-order chi connectivity index (χ1) is 15.3. The standard InChI is InChI=1S/C25H28N2O5/c1-4-15-31-27(3)20(28)12-8-11-17-13-14-19(25(26)30)24-21(17)22(29)16(2)23(32-24)18-9-6-5-7-10-18/h5-7,9-10,13-14H,4,8,11-12,15H2,1-3H3,(H2,26,30). The molecule has 2 N–H and O–H groups in total. The zero-order valence-electron chi connectivity index (χ0n) is 18.6. The third-order valence-corrected chi connectivity index (χ3v) is 5.33. The fraction of sp³-hybridized carbons (Fsp3) is 0.320. The first-order valence-corrected chi connectivity index (χ1v) is 10.7. The van der Waals surface area contributed by atoms with E-state index in [0.29, 0.717) is 41.7 Å². The molecule has 0 radical (unpaired) electrons. The number of benzene rings is 2. The van der Waals surface area contributed by atoms with Crippen molar-refractivity contribution in [1.29, 1.82) is 0 Å². The van der Waals surface area contributed by atoms with Crippen LogP contribution in [-0.2, 0) is 16.1 Å². The third-order valence-electron chi connectivity index (χ3n) is 5.33. The van der Waals surface area contributed by atoms with E-state index in [2.05, 4.69) is 0 Å².